The van der Waals surface area contributed by atoms with Crippen LogP contribution < -0.4 is 5.32 Å². The largest absolute Gasteiger partial charge is 0.349 e. The normalized spacial score (nSPS) is 30.3. The van der Waals surface area contributed by atoms with Crippen molar-refractivity contribution >= 4 is 5.91 Å². The third-order valence-electron chi connectivity index (χ3n) is 4.78. The van der Waals surface area contributed by atoms with E-state index in [-0.39, 0.29) is 11.9 Å². The van der Waals surface area contributed by atoms with E-state index < -0.39 is 5.95 Å². The lowest BCUT2D eigenvalue weighted by Crippen LogP contribution is -2.40. The van der Waals surface area contributed by atoms with Gasteiger partial charge in [0.1, 0.15) is 0 Å². The first kappa shape index (κ1) is 12.6. The maximum atomic E-state index is 13.0. The molecule has 2 aliphatic rings. The van der Waals surface area contributed by atoms with Crippen molar-refractivity contribution in [1.82, 2.24) is 10.3 Å². The highest BCUT2D eigenvalue weighted by Crippen LogP contribution is 2.49. The summed E-state index contributed by atoms with van der Waals surface area (Å²) >= 11 is 0. The Morgan fingerprint density at radius 1 is 1.47 bits per heavy atom. The number of hydrogen-bond acceptors (Lipinski definition) is 2. The number of rotatable bonds is 3. The maximum Gasteiger partial charge on any atom is 0.251 e. The SMILES string of the molecule is CC(NC(=O)c1ccnc(F)c1)C1CC2CCC1C2. The predicted molar refractivity (Wildman–Crippen MR) is 70.1 cm³/mol. The molecule has 1 aromatic rings. The first-order chi connectivity index (χ1) is 9.13. The van der Waals surface area contributed by atoms with E-state index in [1.165, 1.54) is 37.9 Å². The Morgan fingerprint density at radius 3 is 2.95 bits per heavy atom. The molecule has 4 atom stereocenters. The summed E-state index contributed by atoms with van der Waals surface area (Å²) in [7, 11) is 0. The first-order valence-corrected chi connectivity index (χ1v) is 7.06. The molecule has 2 fully saturated rings. The zero-order chi connectivity index (χ0) is 13.4. The van der Waals surface area contributed by atoms with Crippen molar-refractivity contribution in [1.29, 1.82) is 0 Å². The summed E-state index contributed by atoms with van der Waals surface area (Å²) in [6, 6.07) is 2.90. The van der Waals surface area contributed by atoms with Gasteiger partial charge < -0.3 is 5.32 Å². The Bertz CT molecular complexity index is 491. The quantitative estimate of drug-likeness (QED) is 0.851. The van der Waals surface area contributed by atoms with Crippen LogP contribution >= 0.6 is 0 Å². The maximum absolute atomic E-state index is 13.0. The molecule has 3 rings (SSSR count). The molecule has 2 bridgehead atoms. The van der Waals surface area contributed by atoms with Crippen LogP contribution in [0.2, 0.25) is 0 Å². The average molecular weight is 262 g/mol. The van der Waals surface area contributed by atoms with E-state index in [9.17, 15) is 9.18 Å². The highest BCUT2D eigenvalue weighted by molar-refractivity contribution is 5.94. The van der Waals surface area contributed by atoms with E-state index in [0.717, 1.165) is 11.8 Å². The molecule has 2 aliphatic carbocycles. The number of nitrogens with one attached hydrogen (secondary N) is 1. The Balaban J connectivity index is 1.63. The molecular formula is C15H19FN2O. The summed E-state index contributed by atoms with van der Waals surface area (Å²) in [6.45, 7) is 2.07. The minimum atomic E-state index is -0.611. The van der Waals surface area contributed by atoms with Gasteiger partial charge in [0.05, 0.1) is 0 Å². The number of carbonyl (C=O) groups is 1. The van der Waals surface area contributed by atoms with Crippen molar-refractivity contribution in [2.24, 2.45) is 17.8 Å². The Hall–Kier alpha value is -1.45. The van der Waals surface area contributed by atoms with Gasteiger partial charge >= 0.3 is 0 Å². The number of nitrogens with zero attached hydrogens (tertiary/aromatic N) is 1. The van der Waals surface area contributed by atoms with Crippen LogP contribution in [0.5, 0.6) is 0 Å². The summed E-state index contributed by atoms with van der Waals surface area (Å²) in [5.41, 5.74) is 0.350. The molecule has 1 heterocycles. The fourth-order valence-corrected chi connectivity index (χ4v) is 3.85. The number of aromatic nitrogens is 1. The van der Waals surface area contributed by atoms with Crippen LogP contribution in [0.1, 0.15) is 43.0 Å². The number of carbonyl (C=O) groups excluding carboxylic acids is 1. The third-order valence-corrected chi connectivity index (χ3v) is 4.78. The summed E-state index contributed by atoms with van der Waals surface area (Å²) in [6.07, 6.45) is 6.55. The van der Waals surface area contributed by atoms with Gasteiger partial charge in [-0.05, 0) is 50.0 Å². The molecule has 0 saturated heterocycles. The molecular weight excluding hydrogens is 243 g/mol. The lowest BCUT2D eigenvalue weighted by Gasteiger charge is -2.28. The van der Waals surface area contributed by atoms with Crippen LogP contribution in [-0.4, -0.2) is 16.9 Å². The molecule has 1 N–H and O–H groups in total. The van der Waals surface area contributed by atoms with Crippen LogP contribution in [0.15, 0.2) is 18.3 Å². The van der Waals surface area contributed by atoms with E-state index >= 15 is 0 Å². The highest BCUT2D eigenvalue weighted by atomic mass is 19.1. The monoisotopic (exact) mass is 262 g/mol. The van der Waals surface area contributed by atoms with Crippen molar-refractivity contribution in [2.75, 3.05) is 0 Å². The molecule has 0 aliphatic heterocycles. The van der Waals surface area contributed by atoms with Crippen LogP contribution in [0, 0.1) is 23.7 Å². The molecule has 4 unspecified atom stereocenters. The topological polar surface area (TPSA) is 42.0 Å². The Labute approximate surface area is 112 Å². The number of fused-ring (bicyclic) bond motifs is 2. The van der Waals surface area contributed by atoms with E-state index in [4.69, 9.17) is 0 Å². The van der Waals surface area contributed by atoms with Gasteiger partial charge in [-0.2, -0.15) is 4.39 Å². The van der Waals surface area contributed by atoms with Gasteiger partial charge in [-0.25, -0.2) is 4.98 Å². The number of pyridine rings is 1. The molecule has 3 nitrogen and oxygen atoms in total. The molecule has 0 aromatic carbocycles. The average Bonchev–Trinajstić information content (AvgIpc) is 3.00. The molecule has 19 heavy (non-hydrogen) atoms. The summed E-state index contributed by atoms with van der Waals surface area (Å²) in [5, 5.41) is 3.02. The fraction of sp³-hybridized carbons (Fsp3) is 0.600. The van der Waals surface area contributed by atoms with Gasteiger partial charge in [-0.3, -0.25) is 4.79 Å². The van der Waals surface area contributed by atoms with E-state index in [1.54, 1.807) is 6.07 Å². The second-order valence-corrected chi connectivity index (χ2v) is 5.97. The second-order valence-electron chi connectivity index (χ2n) is 5.97. The van der Waals surface area contributed by atoms with Gasteiger partial charge in [0, 0.05) is 23.9 Å². The van der Waals surface area contributed by atoms with Crippen molar-refractivity contribution in [2.45, 2.75) is 38.6 Å². The molecule has 1 amide bonds. The molecule has 2 saturated carbocycles. The van der Waals surface area contributed by atoms with Crippen molar-refractivity contribution in [3.8, 4) is 0 Å². The molecule has 0 spiro atoms. The number of amides is 1. The summed E-state index contributed by atoms with van der Waals surface area (Å²) in [5.74, 6) is 1.42. The van der Waals surface area contributed by atoms with Crippen molar-refractivity contribution in [3.05, 3.63) is 29.8 Å². The van der Waals surface area contributed by atoms with Gasteiger partial charge in [0.2, 0.25) is 5.95 Å². The highest BCUT2D eigenvalue weighted by Gasteiger charge is 2.42. The van der Waals surface area contributed by atoms with Gasteiger partial charge in [0.25, 0.3) is 5.91 Å². The zero-order valence-electron chi connectivity index (χ0n) is 11.1. The van der Waals surface area contributed by atoms with Gasteiger partial charge in [-0.15, -0.1) is 0 Å². The number of hydrogen-bond donors (Lipinski definition) is 1. The predicted octanol–water partition coefficient (Wildman–Crippen LogP) is 2.78. The van der Waals surface area contributed by atoms with Crippen LogP contribution in [0.25, 0.3) is 0 Å². The lowest BCUT2D eigenvalue weighted by atomic mass is 9.84. The number of halogens is 1. The molecule has 102 valence electrons. The minimum Gasteiger partial charge on any atom is -0.349 e. The molecule has 4 heteroatoms. The Morgan fingerprint density at radius 2 is 2.32 bits per heavy atom. The summed E-state index contributed by atoms with van der Waals surface area (Å²) in [4.78, 5) is 15.5. The minimum absolute atomic E-state index is 0.166. The lowest BCUT2D eigenvalue weighted by molar-refractivity contribution is 0.0914. The Kier molecular flexibility index (Phi) is 3.25. The van der Waals surface area contributed by atoms with Crippen molar-refractivity contribution < 1.29 is 9.18 Å². The fourth-order valence-electron chi connectivity index (χ4n) is 3.85. The van der Waals surface area contributed by atoms with Crippen molar-refractivity contribution in [3.63, 3.8) is 0 Å². The smallest absolute Gasteiger partial charge is 0.251 e. The van der Waals surface area contributed by atoms with Crippen LogP contribution in [0.3, 0.4) is 0 Å². The van der Waals surface area contributed by atoms with Crippen LogP contribution in [0.4, 0.5) is 4.39 Å². The van der Waals surface area contributed by atoms with Gasteiger partial charge in [0.15, 0.2) is 0 Å². The second kappa shape index (κ2) is 4.91. The van der Waals surface area contributed by atoms with Gasteiger partial charge in [-0.1, -0.05) is 6.42 Å². The zero-order valence-corrected chi connectivity index (χ0v) is 11.1. The van der Waals surface area contributed by atoms with Crippen LogP contribution in [-0.2, 0) is 0 Å². The van der Waals surface area contributed by atoms with E-state index in [1.807, 2.05) is 0 Å². The van der Waals surface area contributed by atoms with E-state index in [2.05, 4.69) is 17.2 Å². The third kappa shape index (κ3) is 2.48. The molecule has 0 radical (unpaired) electrons. The molecule has 1 aromatic heterocycles. The van der Waals surface area contributed by atoms with E-state index in [0.29, 0.717) is 11.5 Å². The summed E-state index contributed by atoms with van der Waals surface area (Å²) < 4.78 is 13.0. The first-order valence-electron chi connectivity index (χ1n) is 7.06. The standard InChI is InChI=1S/C15H19FN2O/c1-9(13-7-10-2-3-11(13)6-10)18-15(19)12-4-5-17-14(16)8-12/h4-5,8-11,13H,2-3,6-7H2,1H3,(H,18,19).